The van der Waals surface area contributed by atoms with E-state index in [9.17, 15) is 0 Å². The summed E-state index contributed by atoms with van der Waals surface area (Å²) in [4.78, 5) is 0. The topological polar surface area (TPSA) is 12.0 Å². The van der Waals surface area contributed by atoms with Gasteiger partial charge in [0.2, 0.25) is 0 Å². The van der Waals surface area contributed by atoms with E-state index >= 15 is 0 Å². The maximum absolute atomic E-state index is 3.86. The number of hydrogen-bond acceptors (Lipinski definition) is 1. The molecular formula is C12H23N. The highest BCUT2D eigenvalue weighted by molar-refractivity contribution is 4.94. The van der Waals surface area contributed by atoms with Crippen molar-refractivity contribution in [1.82, 2.24) is 5.32 Å². The lowest BCUT2D eigenvalue weighted by Gasteiger charge is -2.44. The lowest BCUT2D eigenvalue weighted by molar-refractivity contribution is 0.156. The molecule has 0 spiro atoms. The Hall–Kier alpha value is -0.0400. The first kappa shape index (κ1) is 9.51. The molecule has 0 aromatic heterocycles. The van der Waals surface area contributed by atoms with Crippen molar-refractivity contribution in [3.05, 3.63) is 0 Å². The predicted octanol–water partition coefficient (Wildman–Crippen LogP) is 3.10. The Kier molecular flexibility index (Phi) is 2.64. The van der Waals surface area contributed by atoms with Crippen molar-refractivity contribution in [2.75, 3.05) is 0 Å². The minimum atomic E-state index is 0.516. The number of nitrogens with one attached hydrogen (secondary N) is 1. The molecule has 0 aromatic rings. The van der Waals surface area contributed by atoms with Gasteiger partial charge in [0.05, 0.1) is 0 Å². The fraction of sp³-hybridized carbons (Fsp3) is 1.00. The SMILES string of the molecule is CC1CCCC(NC2(C)CCC2)C1. The molecule has 13 heavy (non-hydrogen) atoms. The van der Waals surface area contributed by atoms with Crippen LogP contribution in [0.3, 0.4) is 0 Å². The first-order chi connectivity index (χ1) is 6.18. The van der Waals surface area contributed by atoms with Crippen molar-refractivity contribution in [2.45, 2.75) is 70.4 Å². The van der Waals surface area contributed by atoms with Crippen LogP contribution in [0.5, 0.6) is 0 Å². The summed E-state index contributed by atoms with van der Waals surface area (Å²) in [6.07, 6.45) is 9.96. The van der Waals surface area contributed by atoms with Gasteiger partial charge in [-0.1, -0.05) is 19.8 Å². The van der Waals surface area contributed by atoms with E-state index in [1.165, 1.54) is 44.9 Å². The Labute approximate surface area is 82.3 Å². The quantitative estimate of drug-likeness (QED) is 0.690. The Morgan fingerprint density at radius 1 is 1.15 bits per heavy atom. The van der Waals surface area contributed by atoms with Gasteiger partial charge in [-0.3, -0.25) is 0 Å². The molecule has 0 radical (unpaired) electrons. The van der Waals surface area contributed by atoms with Crippen LogP contribution in [0.4, 0.5) is 0 Å². The normalized spacial score (nSPS) is 38.3. The molecule has 2 aliphatic carbocycles. The fourth-order valence-electron chi connectivity index (χ4n) is 2.91. The van der Waals surface area contributed by atoms with E-state index in [4.69, 9.17) is 0 Å². The average molecular weight is 181 g/mol. The minimum Gasteiger partial charge on any atom is -0.309 e. The first-order valence-corrected chi connectivity index (χ1v) is 5.96. The molecule has 2 fully saturated rings. The van der Waals surface area contributed by atoms with Gasteiger partial charge in [0.15, 0.2) is 0 Å². The van der Waals surface area contributed by atoms with Crippen LogP contribution in [0.2, 0.25) is 0 Å². The smallest absolute Gasteiger partial charge is 0.0156 e. The van der Waals surface area contributed by atoms with Crippen LogP contribution in [-0.4, -0.2) is 11.6 Å². The third-order valence-electron chi connectivity index (χ3n) is 3.95. The molecule has 2 saturated carbocycles. The number of rotatable bonds is 2. The van der Waals surface area contributed by atoms with Gasteiger partial charge >= 0.3 is 0 Å². The molecule has 2 rings (SSSR count). The second-order valence-corrected chi connectivity index (χ2v) is 5.53. The second-order valence-electron chi connectivity index (χ2n) is 5.53. The minimum absolute atomic E-state index is 0.516. The lowest BCUT2D eigenvalue weighted by atomic mass is 9.76. The van der Waals surface area contributed by atoms with Crippen LogP contribution in [0.15, 0.2) is 0 Å². The van der Waals surface area contributed by atoms with Gasteiger partial charge in [-0.2, -0.15) is 0 Å². The zero-order valence-electron chi connectivity index (χ0n) is 9.10. The van der Waals surface area contributed by atoms with Crippen molar-refractivity contribution in [3.8, 4) is 0 Å². The molecule has 0 bridgehead atoms. The van der Waals surface area contributed by atoms with E-state index in [1.54, 1.807) is 0 Å². The van der Waals surface area contributed by atoms with Gasteiger partial charge < -0.3 is 5.32 Å². The Morgan fingerprint density at radius 2 is 1.92 bits per heavy atom. The molecule has 1 N–H and O–H groups in total. The molecule has 0 saturated heterocycles. The van der Waals surface area contributed by atoms with E-state index in [1.807, 2.05) is 0 Å². The van der Waals surface area contributed by atoms with Gasteiger partial charge in [0, 0.05) is 11.6 Å². The summed E-state index contributed by atoms with van der Waals surface area (Å²) in [5.41, 5.74) is 0.516. The summed E-state index contributed by atoms with van der Waals surface area (Å²) in [5, 5.41) is 3.86. The maximum Gasteiger partial charge on any atom is 0.0156 e. The van der Waals surface area contributed by atoms with Crippen LogP contribution in [-0.2, 0) is 0 Å². The Morgan fingerprint density at radius 3 is 2.46 bits per heavy atom. The standard InChI is InChI=1S/C12H23N/c1-10-5-3-6-11(9-10)13-12(2)7-4-8-12/h10-11,13H,3-9H2,1-2H3. The van der Waals surface area contributed by atoms with Crippen LogP contribution in [0, 0.1) is 5.92 Å². The van der Waals surface area contributed by atoms with E-state index in [-0.39, 0.29) is 0 Å². The third kappa shape index (κ3) is 2.25. The monoisotopic (exact) mass is 181 g/mol. The number of hydrogen-bond donors (Lipinski definition) is 1. The average Bonchev–Trinajstić information content (AvgIpc) is 2.01. The molecule has 1 heteroatoms. The van der Waals surface area contributed by atoms with Crippen molar-refractivity contribution in [1.29, 1.82) is 0 Å². The van der Waals surface area contributed by atoms with Gasteiger partial charge in [0.25, 0.3) is 0 Å². The van der Waals surface area contributed by atoms with Gasteiger partial charge in [-0.05, 0) is 44.9 Å². The zero-order chi connectivity index (χ0) is 9.31. The third-order valence-corrected chi connectivity index (χ3v) is 3.95. The summed E-state index contributed by atoms with van der Waals surface area (Å²) >= 11 is 0. The first-order valence-electron chi connectivity index (χ1n) is 5.96. The summed E-state index contributed by atoms with van der Waals surface area (Å²) in [7, 11) is 0. The largest absolute Gasteiger partial charge is 0.309 e. The maximum atomic E-state index is 3.86. The van der Waals surface area contributed by atoms with Crippen molar-refractivity contribution >= 4 is 0 Å². The summed E-state index contributed by atoms with van der Waals surface area (Å²) in [5.74, 6) is 0.954. The predicted molar refractivity (Wildman–Crippen MR) is 56.8 cm³/mol. The lowest BCUT2D eigenvalue weighted by Crippen LogP contribution is -2.53. The molecule has 1 nitrogen and oxygen atoms in total. The van der Waals surface area contributed by atoms with E-state index < -0.39 is 0 Å². The van der Waals surface area contributed by atoms with Crippen molar-refractivity contribution < 1.29 is 0 Å². The van der Waals surface area contributed by atoms with Gasteiger partial charge in [-0.15, -0.1) is 0 Å². The van der Waals surface area contributed by atoms with Crippen LogP contribution in [0.1, 0.15) is 58.8 Å². The van der Waals surface area contributed by atoms with Crippen molar-refractivity contribution in [2.24, 2.45) is 5.92 Å². The highest BCUT2D eigenvalue weighted by Gasteiger charge is 2.34. The highest BCUT2D eigenvalue weighted by atomic mass is 15.0. The van der Waals surface area contributed by atoms with Crippen LogP contribution in [0.25, 0.3) is 0 Å². The molecule has 0 aliphatic heterocycles. The van der Waals surface area contributed by atoms with Crippen LogP contribution < -0.4 is 5.32 Å². The molecular weight excluding hydrogens is 158 g/mol. The zero-order valence-corrected chi connectivity index (χ0v) is 9.10. The summed E-state index contributed by atoms with van der Waals surface area (Å²) < 4.78 is 0. The Bertz CT molecular complexity index is 172. The molecule has 2 unspecified atom stereocenters. The fourth-order valence-corrected chi connectivity index (χ4v) is 2.91. The van der Waals surface area contributed by atoms with Crippen LogP contribution >= 0.6 is 0 Å². The van der Waals surface area contributed by atoms with E-state index in [0.717, 1.165) is 12.0 Å². The Balaban J connectivity index is 1.80. The van der Waals surface area contributed by atoms with E-state index in [2.05, 4.69) is 19.2 Å². The summed E-state index contributed by atoms with van der Waals surface area (Å²) in [6, 6.07) is 0.828. The molecule has 0 heterocycles. The van der Waals surface area contributed by atoms with E-state index in [0.29, 0.717) is 5.54 Å². The second kappa shape index (κ2) is 3.61. The molecule has 76 valence electrons. The molecule has 0 aromatic carbocycles. The highest BCUT2D eigenvalue weighted by Crippen LogP contribution is 2.34. The molecule has 0 amide bonds. The molecule has 2 atom stereocenters. The summed E-state index contributed by atoms with van der Waals surface area (Å²) in [6.45, 7) is 4.80. The van der Waals surface area contributed by atoms with Gasteiger partial charge in [0.1, 0.15) is 0 Å². The molecule has 2 aliphatic rings. The van der Waals surface area contributed by atoms with Crippen molar-refractivity contribution in [3.63, 3.8) is 0 Å². The van der Waals surface area contributed by atoms with Gasteiger partial charge in [-0.25, -0.2) is 0 Å².